The summed E-state index contributed by atoms with van der Waals surface area (Å²) < 4.78 is 16.1. The van der Waals surface area contributed by atoms with E-state index in [-0.39, 0.29) is 10.3 Å². The van der Waals surface area contributed by atoms with Crippen molar-refractivity contribution in [3.63, 3.8) is 0 Å². The highest BCUT2D eigenvalue weighted by Crippen LogP contribution is 2.38. The molecule has 0 radical (unpaired) electrons. The Morgan fingerprint density at radius 3 is 2.52 bits per heavy atom. The molecular weight excluding hydrogens is 286 g/mol. The number of pyridine rings is 1. The molecule has 1 fully saturated rings. The molecule has 0 aromatic carbocycles. The van der Waals surface area contributed by atoms with Gasteiger partial charge in [0, 0.05) is 31.0 Å². The first-order chi connectivity index (χ1) is 9.82. The first kappa shape index (κ1) is 16.4. The number of ether oxygens (including phenoxy) is 1. The highest BCUT2D eigenvalue weighted by molar-refractivity contribution is 7.84. The van der Waals surface area contributed by atoms with Gasteiger partial charge in [0.05, 0.1) is 15.7 Å². The summed E-state index contributed by atoms with van der Waals surface area (Å²) in [6.07, 6.45) is 5.05. The predicted molar refractivity (Wildman–Crippen MR) is 85.5 cm³/mol. The third-order valence-electron chi connectivity index (χ3n) is 3.79. The highest BCUT2D eigenvalue weighted by atomic mass is 32.2. The predicted octanol–water partition coefficient (Wildman–Crippen LogP) is 1.55. The molecule has 1 unspecified atom stereocenters. The zero-order chi connectivity index (χ0) is 15.5. The lowest BCUT2D eigenvalue weighted by Gasteiger charge is -2.32. The van der Waals surface area contributed by atoms with Crippen LogP contribution in [-0.2, 0) is 17.4 Å². The summed E-state index contributed by atoms with van der Waals surface area (Å²) in [6, 6.07) is 4.11. The van der Waals surface area contributed by atoms with E-state index in [1.54, 1.807) is 6.20 Å². The van der Waals surface area contributed by atoms with E-state index in [9.17, 15) is 4.21 Å². The zero-order valence-electron chi connectivity index (χ0n) is 13.0. The van der Waals surface area contributed by atoms with Gasteiger partial charge in [-0.2, -0.15) is 0 Å². The summed E-state index contributed by atoms with van der Waals surface area (Å²) in [5.74, 6) is 0.856. The molecule has 0 saturated carbocycles. The lowest BCUT2D eigenvalue weighted by molar-refractivity contribution is 0.0562. The Kier molecular flexibility index (Phi) is 5.01. The zero-order valence-corrected chi connectivity index (χ0v) is 13.8. The summed E-state index contributed by atoms with van der Waals surface area (Å²) >= 11 is 0. The number of aromatic nitrogens is 1. The number of piperidine rings is 1. The number of hydrogen-bond donors (Lipinski definition) is 2. The Hall–Kier alpha value is -0.980. The van der Waals surface area contributed by atoms with E-state index >= 15 is 0 Å². The van der Waals surface area contributed by atoms with Gasteiger partial charge in [-0.25, -0.2) is 9.19 Å². The molecule has 0 bridgehead atoms. The fourth-order valence-electron chi connectivity index (χ4n) is 2.40. The maximum absolute atomic E-state index is 10.4. The Bertz CT molecular complexity index is 481. The van der Waals surface area contributed by atoms with Crippen LogP contribution in [0.4, 0.5) is 0 Å². The van der Waals surface area contributed by atoms with Gasteiger partial charge in [-0.1, -0.05) is 6.07 Å². The number of nitrogens with two attached hydrogens (primary N) is 1. The smallest absolute Gasteiger partial charge is 0.217 e. The van der Waals surface area contributed by atoms with Crippen LogP contribution in [0.15, 0.2) is 18.3 Å². The highest BCUT2D eigenvalue weighted by Gasteiger charge is 2.40. The lowest BCUT2D eigenvalue weighted by atomic mass is 9.88. The molecule has 1 spiro atoms. The fraction of sp³-hybridized carbons (Fsp3) is 0.667. The van der Waals surface area contributed by atoms with Gasteiger partial charge >= 0.3 is 0 Å². The van der Waals surface area contributed by atoms with Gasteiger partial charge in [-0.15, -0.1) is 0 Å². The second kappa shape index (κ2) is 6.42. The minimum atomic E-state index is -1.18. The minimum Gasteiger partial charge on any atom is -0.470 e. The third kappa shape index (κ3) is 4.25. The average Bonchev–Trinajstić information content (AvgIpc) is 2.76. The molecular formula is C15H25N3O2S. The van der Waals surface area contributed by atoms with Gasteiger partial charge in [-0.05, 0) is 39.9 Å². The van der Waals surface area contributed by atoms with Crippen molar-refractivity contribution in [2.75, 3.05) is 13.1 Å². The normalized spacial score (nSPS) is 21.0. The van der Waals surface area contributed by atoms with E-state index in [0.29, 0.717) is 0 Å². The van der Waals surface area contributed by atoms with Crippen molar-refractivity contribution in [3.8, 4) is 5.88 Å². The van der Waals surface area contributed by atoms with E-state index in [4.69, 9.17) is 9.88 Å². The van der Waals surface area contributed by atoms with Crippen molar-refractivity contribution in [3.05, 3.63) is 23.9 Å². The molecule has 3 N–H and O–H groups in total. The molecule has 1 atom stereocenters. The first-order valence-electron chi connectivity index (χ1n) is 7.32. The van der Waals surface area contributed by atoms with E-state index in [1.807, 2.05) is 26.8 Å². The van der Waals surface area contributed by atoms with Crippen molar-refractivity contribution in [2.45, 2.75) is 50.4 Å². The molecule has 1 aromatic heterocycles. The molecule has 3 rings (SSSR count). The molecule has 5 nitrogen and oxygen atoms in total. The van der Waals surface area contributed by atoms with Crippen molar-refractivity contribution < 1.29 is 8.95 Å². The van der Waals surface area contributed by atoms with E-state index in [1.165, 1.54) is 5.56 Å². The Morgan fingerprint density at radius 1 is 1.38 bits per heavy atom. The molecule has 1 aromatic rings. The molecule has 0 aliphatic carbocycles. The largest absolute Gasteiger partial charge is 0.470 e. The number of nitrogens with zero attached hydrogens (tertiary/aromatic N) is 1. The Morgan fingerprint density at radius 2 is 2.00 bits per heavy atom. The topological polar surface area (TPSA) is 77.2 Å². The van der Waals surface area contributed by atoms with Crippen molar-refractivity contribution >= 4 is 11.0 Å². The maximum Gasteiger partial charge on any atom is 0.217 e. The standard InChI is InChI=1S/C11H14N2O.C4H11NOS/c1-2-9-8-11(3-6-12-7-4-11)14-10(9)13-5-1;1-4(2,3)7(5)6/h1-2,5,12H,3-4,6-8H2;5H2,1-3H3. The van der Waals surface area contributed by atoms with Crippen LogP contribution in [0.5, 0.6) is 5.88 Å². The van der Waals surface area contributed by atoms with Gasteiger partial charge in [0.25, 0.3) is 0 Å². The summed E-state index contributed by atoms with van der Waals surface area (Å²) in [4.78, 5) is 4.27. The van der Waals surface area contributed by atoms with Gasteiger partial charge in [0.15, 0.2) is 0 Å². The van der Waals surface area contributed by atoms with Crippen LogP contribution in [0, 0.1) is 0 Å². The number of nitrogens with one attached hydrogen (secondary N) is 1. The average molecular weight is 311 g/mol. The molecule has 2 aliphatic heterocycles. The summed E-state index contributed by atoms with van der Waals surface area (Å²) in [5, 5.41) is 8.40. The SMILES string of the molecule is CC(C)(C)S(N)=O.c1cnc2c(c1)CC1(CCNCC1)O2. The van der Waals surface area contributed by atoms with E-state index in [0.717, 1.165) is 38.2 Å². The second-order valence-electron chi connectivity index (χ2n) is 6.59. The molecule has 6 heteroatoms. The van der Waals surface area contributed by atoms with Crippen LogP contribution in [0.25, 0.3) is 0 Å². The third-order valence-corrected chi connectivity index (χ3v) is 5.00. The number of rotatable bonds is 0. The van der Waals surface area contributed by atoms with Gasteiger partial charge < -0.3 is 10.1 Å². The minimum absolute atomic E-state index is 0.0575. The van der Waals surface area contributed by atoms with Gasteiger partial charge in [0.2, 0.25) is 5.88 Å². The van der Waals surface area contributed by atoms with E-state index in [2.05, 4.69) is 16.4 Å². The summed E-state index contributed by atoms with van der Waals surface area (Å²) in [7, 11) is -1.18. The van der Waals surface area contributed by atoms with Crippen LogP contribution >= 0.6 is 0 Å². The summed E-state index contributed by atoms with van der Waals surface area (Å²) in [5.41, 5.74) is 1.33. The molecule has 118 valence electrons. The van der Waals surface area contributed by atoms with Gasteiger partial charge in [0.1, 0.15) is 5.60 Å². The monoisotopic (exact) mass is 311 g/mol. The lowest BCUT2D eigenvalue weighted by Crippen LogP contribution is -2.45. The van der Waals surface area contributed by atoms with Gasteiger partial charge in [-0.3, -0.25) is 5.14 Å². The van der Waals surface area contributed by atoms with Crippen LogP contribution in [-0.4, -0.2) is 32.6 Å². The molecule has 1 saturated heterocycles. The molecule has 2 aliphatic rings. The van der Waals surface area contributed by atoms with Crippen LogP contribution in [0.2, 0.25) is 0 Å². The van der Waals surface area contributed by atoms with Crippen molar-refractivity contribution in [1.82, 2.24) is 10.3 Å². The van der Waals surface area contributed by atoms with Crippen molar-refractivity contribution in [1.29, 1.82) is 0 Å². The number of fused-ring (bicyclic) bond motifs is 1. The van der Waals surface area contributed by atoms with Crippen molar-refractivity contribution in [2.24, 2.45) is 5.14 Å². The Balaban J connectivity index is 0.000000199. The van der Waals surface area contributed by atoms with E-state index < -0.39 is 11.0 Å². The second-order valence-corrected chi connectivity index (χ2v) is 8.41. The maximum atomic E-state index is 10.4. The number of hydrogen-bond acceptors (Lipinski definition) is 4. The quantitative estimate of drug-likeness (QED) is 0.762. The molecule has 3 heterocycles. The molecule has 0 amide bonds. The summed E-state index contributed by atoms with van der Waals surface area (Å²) in [6.45, 7) is 7.64. The Labute approximate surface area is 129 Å². The van der Waals surface area contributed by atoms with Crippen LogP contribution < -0.4 is 15.2 Å². The molecule has 21 heavy (non-hydrogen) atoms. The fourth-order valence-corrected chi connectivity index (χ4v) is 2.40. The first-order valence-corrected chi connectivity index (χ1v) is 8.54. The van der Waals surface area contributed by atoms with Crippen LogP contribution in [0.1, 0.15) is 39.2 Å². The van der Waals surface area contributed by atoms with Crippen LogP contribution in [0.3, 0.4) is 0 Å².